The molecule has 0 bridgehead atoms. The standard InChI is InChI=1S/C20H19ClN2O2S/c1-13-7-14(2)9-16(8-13)22-19(24)10-17-12-26-20(23-17)11-25-18-5-3-15(21)4-6-18/h3-9,12H,10-11H2,1-2H3,(H,22,24). The van der Waals surface area contributed by atoms with Gasteiger partial charge in [0, 0.05) is 16.1 Å². The largest absolute Gasteiger partial charge is 0.486 e. The van der Waals surface area contributed by atoms with Crippen molar-refractivity contribution in [3.05, 3.63) is 74.7 Å². The quantitative estimate of drug-likeness (QED) is 0.635. The van der Waals surface area contributed by atoms with Crippen LogP contribution < -0.4 is 10.1 Å². The Morgan fingerprint density at radius 3 is 2.54 bits per heavy atom. The molecule has 0 saturated heterocycles. The molecule has 0 saturated carbocycles. The van der Waals surface area contributed by atoms with Gasteiger partial charge in [0.15, 0.2) is 0 Å². The van der Waals surface area contributed by atoms with E-state index in [1.54, 1.807) is 12.1 Å². The lowest BCUT2D eigenvalue weighted by atomic mass is 10.1. The van der Waals surface area contributed by atoms with E-state index in [-0.39, 0.29) is 12.3 Å². The van der Waals surface area contributed by atoms with Crippen LogP contribution in [-0.4, -0.2) is 10.9 Å². The molecule has 0 atom stereocenters. The summed E-state index contributed by atoms with van der Waals surface area (Å²) in [5.41, 5.74) is 3.80. The Labute approximate surface area is 161 Å². The van der Waals surface area contributed by atoms with Crippen LogP contribution in [0.25, 0.3) is 0 Å². The fourth-order valence-electron chi connectivity index (χ4n) is 2.59. The molecule has 1 N–H and O–H groups in total. The summed E-state index contributed by atoms with van der Waals surface area (Å²) in [7, 11) is 0. The number of aryl methyl sites for hydroxylation is 2. The molecule has 3 aromatic rings. The first-order chi connectivity index (χ1) is 12.5. The molecule has 2 aromatic carbocycles. The van der Waals surface area contributed by atoms with E-state index in [4.69, 9.17) is 16.3 Å². The molecule has 0 aliphatic carbocycles. The molecule has 0 unspecified atom stereocenters. The van der Waals surface area contributed by atoms with Crippen LogP contribution in [0.1, 0.15) is 21.8 Å². The summed E-state index contributed by atoms with van der Waals surface area (Å²) in [5.74, 6) is 0.657. The van der Waals surface area contributed by atoms with Crippen molar-refractivity contribution < 1.29 is 9.53 Å². The number of halogens is 1. The number of ether oxygens (including phenoxy) is 1. The van der Waals surface area contributed by atoms with Gasteiger partial charge in [0.25, 0.3) is 0 Å². The van der Waals surface area contributed by atoms with Crippen LogP contribution in [0.3, 0.4) is 0 Å². The first-order valence-corrected chi connectivity index (χ1v) is 9.43. The molecule has 0 spiro atoms. The number of benzene rings is 2. The third-order valence-electron chi connectivity index (χ3n) is 3.62. The Morgan fingerprint density at radius 1 is 1.15 bits per heavy atom. The van der Waals surface area contributed by atoms with Crippen molar-refractivity contribution in [3.63, 3.8) is 0 Å². The number of carbonyl (C=O) groups excluding carboxylic acids is 1. The Morgan fingerprint density at radius 2 is 1.85 bits per heavy atom. The van der Waals surface area contributed by atoms with Crippen molar-refractivity contribution in [3.8, 4) is 5.75 Å². The zero-order valence-electron chi connectivity index (χ0n) is 14.6. The van der Waals surface area contributed by atoms with E-state index in [9.17, 15) is 4.79 Å². The Hall–Kier alpha value is -2.37. The lowest BCUT2D eigenvalue weighted by Gasteiger charge is -2.06. The van der Waals surface area contributed by atoms with E-state index >= 15 is 0 Å². The van der Waals surface area contributed by atoms with Crippen LogP contribution >= 0.6 is 22.9 Å². The smallest absolute Gasteiger partial charge is 0.230 e. The van der Waals surface area contributed by atoms with Gasteiger partial charge in [0.05, 0.1) is 12.1 Å². The summed E-state index contributed by atoms with van der Waals surface area (Å²) in [6.45, 7) is 4.39. The average Bonchev–Trinajstić information content (AvgIpc) is 3.00. The van der Waals surface area contributed by atoms with Crippen molar-refractivity contribution in [1.29, 1.82) is 0 Å². The van der Waals surface area contributed by atoms with Gasteiger partial charge in [-0.1, -0.05) is 17.7 Å². The van der Waals surface area contributed by atoms with Crippen molar-refractivity contribution in [1.82, 2.24) is 4.98 Å². The summed E-state index contributed by atoms with van der Waals surface area (Å²) in [4.78, 5) is 16.7. The van der Waals surface area contributed by atoms with Crippen molar-refractivity contribution >= 4 is 34.5 Å². The van der Waals surface area contributed by atoms with Crippen molar-refractivity contribution in [2.24, 2.45) is 0 Å². The second-order valence-corrected chi connectivity index (χ2v) is 7.46. The van der Waals surface area contributed by atoms with E-state index in [1.807, 2.05) is 43.5 Å². The predicted molar refractivity (Wildman–Crippen MR) is 106 cm³/mol. The maximum Gasteiger partial charge on any atom is 0.230 e. The van der Waals surface area contributed by atoms with Gasteiger partial charge in [0.1, 0.15) is 17.4 Å². The number of carbonyl (C=O) groups is 1. The van der Waals surface area contributed by atoms with Gasteiger partial charge in [-0.15, -0.1) is 11.3 Å². The fraction of sp³-hybridized carbons (Fsp3) is 0.200. The monoisotopic (exact) mass is 386 g/mol. The van der Waals surface area contributed by atoms with Gasteiger partial charge < -0.3 is 10.1 Å². The number of hydrogen-bond donors (Lipinski definition) is 1. The highest BCUT2D eigenvalue weighted by Crippen LogP contribution is 2.19. The Bertz CT molecular complexity index is 886. The van der Waals surface area contributed by atoms with Gasteiger partial charge in [0.2, 0.25) is 5.91 Å². The summed E-state index contributed by atoms with van der Waals surface area (Å²) in [6, 6.07) is 13.2. The Balaban J connectivity index is 1.54. The number of anilines is 1. The number of nitrogens with one attached hydrogen (secondary N) is 1. The third kappa shape index (κ3) is 5.31. The normalized spacial score (nSPS) is 10.6. The molecular weight excluding hydrogens is 368 g/mol. The molecule has 6 heteroatoms. The molecule has 1 amide bonds. The van der Waals surface area contributed by atoms with Crippen LogP contribution in [0.4, 0.5) is 5.69 Å². The first-order valence-electron chi connectivity index (χ1n) is 8.18. The summed E-state index contributed by atoms with van der Waals surface area (Å²) in [5, 5.41) is 6.31. The number of amides is 1. The topological polar surface area (TPSA) is 51.2 Å². The minimum Gasteiger partial charge on any atom is -0.486 e. The molecule has 1 aromatic heterocycles. The number of aromatic nitrogens is 1. The van der Waals surface area contributed by atoms with E-state index in [1.165, 1.54) is 11.3 Å². The molecular formula is C20H19ClN2O2S. The summed E-state index contributed by atoms with van der Waals surface area (Å²) < 4.78 is 5.68. The van der Waals surface area contributed by atoms with Crippen LogP contribution in [0.2, 0.25) is 5.02 Å². The molecule has 0 aliphatic heterocycles. The first kappa shape index (κ1) is 18.4. The number of nitrogens with zero attached hydrogens (tertiary/aromatic N) is 1. The maximum absolute atomic E-state index is 12.2. The number of rotatable bonds is 6. The summed E-state index contributed by atoms with van der Waals surface area (Å²) >= 11 is 7.34. The molecule has 0 radical (unpaired) electrons. The third-order valence-corrected chi connectivity index (χ3v) is 4.75. The molecule has 0 aliphatic rings. The zero-order chi connectivity index (χ0) is 18.5. The molecule has 0 fully saturated rings. The van der Waals surface area contributed by atoms with Crippen molar-refractivity contribution in [2.75, 3.05) is 5.32 Å². The highest BCUT2D eigenvalue weighted by molar-refractivity contribution is 7.09. The highest BCUT2D eigenvalue weighted by atomic mass is 35.5. The van der Waals surface area contributed by atoms with E-state index in [0.717, 1.165) is 33.3 Å². The molecule has 3 rings (SSSR count). The zero-order valence-corrected chi connectivity index (χ0v) is 16.2. The van der Waals surface area contributed by atoms with Crippen LogP contribution in [0.15, 0.2) is 47.8 Å². The maximum atomic E-state index is 12.2. The van der Waals surface area contributed by atoms with Crippen LogP contribution in [-0.2, 0) is 17.8 Å². The lowest BCUT2D eigenvalue weighted by molar-refractivity contribution is -0.115. The second-order valence-electron chi connectivity index (χ2n) is 6.08. The van der Waals surface area contributed by atoms with E-state index in [2.05, 4.69) is 16.4 Å². The molecule has 4 nitrogen and oxygen atoms in total. The van der Waals surface area contributed by atoms with Gasteiger partial charge >= 0.3 is 0 Å². The lowest BCUT2D eigenvalue weighted by Crippen LogP contribution is -2.14. The number of hydrogen-bond acceptors (Lipinski definition) is 4. The molecule has 1 heterocycles. The van der Waals surface area contributed by atoms with Gasteiger partial charge in [-0.05, 0) is 61.4 Å². The molecule has 134 valence electrons. The van der Waals surface area contributed by atoms with Gasteiger partial charge in [-0.2, -0.15) is 0 Å². The van der Waals surface area contributed by atoms with Crippen LogP contribution in [0, 0.1) is 13.8 Å². The predicted octanol–water partition coefficient (Wildman–Crippen LogP) is 5.17. The molecule has 26 heavy (non-hydrogen) atoms. The van der Waals surface area contributed by atoms with E-state index in [0.29, 0.717) is 11.6 Å². The van der Waals surface area contributed by atoms with Gasteiger partial charge in [-0.3, -0.25) is 4.79 Å². The number of thiazole rings is 1. The van der Waals surface area contributed by atoms with Crippen LogP contribution in [0.5, 0.6) is 5.75 Å². The fourth-order valence-corrected chi connectivity index (χ4v) is 3.42. The Kier molecular flexibility index (Phi) is 5.91. The van der Waals surface area contributed by atoms with Crippen molar-refractivity contribution in [2.45, 2.75) is 26.9 Å². The minimum atomic E-state index is -0.0783. The SMILES string of the molecule is Cc1cc(C)cc(NC(=O)Cc2csc(COc3ccc(Cl)cc3)n2)c1. The van der Waals surface area contributed by atoms with Gasteiger partial charge in [-0.25, -0.2) is 4.98 Å². The average molecular weight is 387 g/mol. The summed E-state index contributed by atoms with van der Waals surface area (Å²) in [6.07, 6.45) is 0.241. The highest BCUT2D eigenvalue weighted by Gasteiger charge is 2.09. The minimum absolute atomic E-state index is 0.0783. The second kappa shape index (κ2) is 8.34. The van der Waals surface area contributed by atoms with E-state index < -0.39 is 0 Å².